The van der Waals surface area contributed by atoms with Crippen molar-refractivity contribution in [2.75, 3.05) is 27.4 Å². The minimum atomic E-state index is -0.140. The Labute approximate surface area is 142 Å². The summed E-state index contributed by atoms with van der Waals surface area (Å²) in [4.78, 5) is 12.1. The quantitative estimate of drug-likeness (QED) is 0.719. The highest BCUT2D eigenvalue weighted by Gasteiger charge is 2.10. The smallest absolute Gasteiger partial charge is 0.251 e. The molecule has 0 saturated carbocycles. The standard InChI is InChI=1S/C19H23NO4/c1-22-17-10-9-16(13-18(17)23-2)19(21)20-11-6-12-24-14-15-7-4-3-5-8-15/h3-5,7-10,13H,6,11-12,14H2,1-2H3,(H,20,21). The van der Waals surface area contributed by atoms with Crippen LogP contribution in [-0.4, -0.2) is 33.3 Å². The van der Waals surface area contributed by atoms with Gasteiger partial charge < -0.3 is 19.5 Å². The largest absolute Gasteiger partial charge is 0.493 e. The fourth-order valence-electron chi connectivity index (χ4n) is 2.22. The van der Waals surface area contributed by atoms with E-state index in [2.05, 4.69) is 5.32 Å². The predicted molar refractivity (Wildman–Crippen MR) is 92.6 cm³/mol. The molecule has 0 fully saturated rings. The van der Waals surface area contributed by atoms with E-state index >= 15 is 0 Å². The first-order valence-electron chi connectivity index (χ1n) is 7.86. The fraction of sp³-hybridized carbons (Fsp3) is 0.316. The first-order chi connectivity index (χ1) is 11.7. The first kappa shape index (κ1) is 17.8. The Morgan fingerprint density at radius 1 is 1.00 bits per heavy atom. The molecule has 0 saturated heterocycles. The number of amides is 1. The molecular formula is C19H23NO4. The maximum absolute atomic E-state index is 12.1. The van der Waals surface area contributed by atoms with E-state index in [1.54, 1.807) is 32.4 Å². The van der Waals surface area contributed by atoms with E-state index < -0.39 is 0 Å². The summed E-state index contributed by atoms with van der Waals surface area (Å²) in [6.45, 7) is 1.74. The number of rotatable bonds is 9. The maximum atomic E-state index is 12.1. The summed E-state index contributed by atoms with van der Waals surface area (Å²) in [5, 5.41) is 2.87. The Morgan fingerprint density at radius 2 is 1.75 bits per heavy atom. The van der Waals surface area contributed by atoms with Crippen molar-refractivity contribution in [3.8, 4) is 11.5 Å². The third-order valence-corrected chi connectivity index (χ3v) is 3.51. The molecule has 0 bridgehead atoms. The zero-order valence-electron chi connectivity index (χ0n) is 14.1. The molecule has 0 unspecified atom stereocenters. The lowest BCUT2D eigenvalue weighted by Crippen LogP contribution is -2.25. The van der Waals surface area contributed by atoms with Gasteiger partial charge in [0.25, 0.3) is 5.91 Å². The van der Waals surface area contributed by atoms with Crippen LogP contribution in [0, 0.1) is 0 Å². The first-order valence-corrected chi connectivity index (χ1v) is 7.86. The van der Waals surface area contributed by atoms with Crippen LogP contribution in [0.25, 0.3) is 0 Å². The highest BCUT2D eigenvalue weighted by molar-refractivity contribution is 5.94. The summed E-state index contributed by atoms with van der Waals surface area (Å²) < 4.78 is 15.9. The molecule has 2 rings (SSSR count). The molecule has 1 amide bonds. The molecule has 24 heavy (non-hydrogen) atoms. The van der Waals surface area contributed by atoms with Crippen molar-refractivity contribution < 1.29 is 19.0 Å². The van der Waals surface area contributed by atoms with Crippen molar-refractivity contribution in [3.05, 3.63) is 59.7 Å². The average Bonchev–Trinajstić information content (AvgIpc) is 2.64. The average molecular weight is 329 g/mol. The van der Waals surface area contributed by atoms with Gasteiger partial charge in [0.05, 0.1) is 20.8 Å². The van der Waals surface area contributed by atoms with Gasteiger partial charge in [-0.05, 0) is 30.2 Å². The topological polar surface area (TPSA) is 56.8 Å². The molecule has 0 aliphatic heterocycles. The zero-order chi connectivity index (χ0) is 17.2. The highest BCUT2D eigenvalue weighted by atomic mass is 16.5. The number of carbonyl (C=O) groups is 1. The Morgan fingerprint density at radius 3 is 2.46 bits per heavy atom. The van der Waals surface area contributed by atoms with Crippen molar-refractivity contribution >= 4 is 5.91 Å². The Kier molecular flexibility index (Phi) is 7.11. The zero-order valence-corrected chi connectivity index (χ0v) is 14.1. The van der Waals surface area contributed by atoms with E-state index in [1.165, 1.54) is 0 Å². The number of nitrogens with one attached hydrogen (secondary N) is 1. The van der Waals surface area contributed by atoms with Gasteiger partial charge in [-0.15, -0.1) is 0 Å². The molecule has 0 aromatic heterocycles. The van der Waals surface area contributed by atoms with Crippen LogP contribution in [0.15, 0.2) is 48.5 Å². The number of benzene rings is 2. The fourth-order valence-corrected chi connectivity index (χ4v) is 2.22. The molecule has 0 spiro atoms. The van der Waals surface area contributed by atoms with Crippen molar-refractivity contribution in [2.45, 2.75) is 13.0 Å². The monoisotopic (exact) mass is 329 g/mol. The Hall–Kier alpha value is -2.53. The summed E-state index contributed by atoms with van der Waals surface area (Å²) in [5.74, 6) is 0.999. The summed E-state index contributed by atoms with van der Waals surface area (Å²) >= 11 is 0. The van der Waals surface area contributed by atoms with Crippen LogP contribution in [0.1, 0.15) is 22.3 Å². The highest BCUT2D eigenvalue weighted by Crippen LogP contribution is 2.27. The van der Waals surface area contributed by atoms with Crippen LogP contribution >= 0.6 is 0 Å². The number of carbonyl (C=O) groups excluding carboxylic acids is 1. The third-order valence-electron chi connectivity index (χ3n) is 3.51. The minimum absolute atomic E-state index is 0.140. The van der Waals surface area contributed by atoms with Gasteiger partial charge in [0, 0.05) is 18.7 Å². The van der Waals surface area contributed by atoms with Gasteiger partial charge >= 0.3 is 0 Å². The summed E-state index contributed by atoms with van der Waals surface area (Å²) in [5.41, 5.74) is 1.68. The number of hydrogen-bond donors (Lipinski definition) is 1. The van der Waals surface area contributed by atoms with E-state index in [4.69, 9.17) is 14.2 Å². The van der Waals surface area contributed by atoms with Crippen LogP contribution in [-0.2, 0) is 11.3 Å². The van der Waals surface area contributed by atoms with Crippen molar-refractivity contribution in [3.63, 3.8) is 0 Å². The number of ether oxygens (including phenoxy) is 3. The van der Waals surface area contributed by atoms with E-state index in [9.17, 15) is 4.79 Å². The second kappa shape index (κ2) is 9.57. The molecule has 0 atom stereocenters. The molecule has 1 N–H and O–H groups in total. The molecule has 5 nitrogen and oxygen atoms in total. The van der Waals surface area contributed by atoms with Crippen LogP contribution in [0.4, 0.5) is 0 Å². The van der Waals surface area contributed by atoms with Crippen molar-refractivity contribution in [1.82, 2.24) is 5.32 Å². The lowest BCUT2D eigenvalue weighted by molar-refractivity contribution is 0.0934. The molecule has 0 aliphatic carbocycles. The van der Waals surface area contributed by atoms with Gasteiger partial charge in [-0.25, -0.2) is 0 Å². The molecule has 0 radical (unpaired) electrons. The van der Waals surface area contributed by atoms with Gasteiger partial charge in [0.1, 0.15) is 0 Å². The molecule has 128 valence electrons. The molecule has 2 aromatic carbocycles. The molecule has 2 aromatic rings. The minimum Gasteiger partial charge on any atom is -0.493 e. The van der Waals surface area contributed by atoms with E-state index in [0.717, 1.165) is 12.0 Å². The maximum Gasteiger partial charge on any atom is 0.251 e. The Bertz CT molecular complexity index is 643. The van der Waals surface area contributed by atoms with E-state index in [1.807, 2.05) is 30.3 Å². The van der Waals surface area contributed by atoms with E-state index in [-0.39, 0.29) is 5.91 Å². The second-order valence-corrected chi connectivity index (χ2v) is 5.22. The van der Waals surface area contributed by atoms with Crippen LogP contribution in [0.5, 0.6) is 11.5 Å². The molecule has 0 heterocycles. The molecule has 5 heteroatoms. The van der Waals surface area contributed by atoms with Crippen LogP contribution < -0.4 is 14.8 Å². The van der Waals surface area contributed by atoms with Crippen molar-refractivity contribution in [2.24, 2.45) is 0 Å². The lowest BCUT2D eigenvalue weighted by atomic mass is 10.2. The van der Waals surface area contributed by atoms with Gasteiger partial charge in [-0.1, -0.05) is 30.3 Å². The number of hydrogen-bond acceptors (Lipinski definition) is 4. The second-order valence-electron chi connectivity index (χ2n) is 5.22. The molecular weight excluding hydrogens is 306 g/mol. The summed E-state index contributed by atoms with van der Waals surface area (Å²) in [6.07, 6.45) is 0.756. The Balaban J connectivity index is 1.69. The van der Waals surface area contributed by atoms with Gasteiger partial charge in [-0.2, -0.15) is 0 Å². The third kappa shape index (κ3) is 5.28. The summed E-state index contributed by atoms with van der Waals surface area (Å²) in [7, 11) is 3.11. The predicted octanol–water partition coefficient (Wildman–Crippen LogP) is 3.04. The number of methoxy groups -OCH3 is 2. The SMILES string of the molecule is COc1ccc(C(=O)NCCCOCc2ccccc2)cc1OC. The molecule has 0 aliphatic rings. The normalized spacial score (nSPS) is 10.2. The van der Waals surface area contributed by atoms with Gasteiger partial charge in [-0.3, -0.25) is 4.79 Å². The van der Waals surface area contributed by atoms with Gasteiger partial charge in [0.15, 0.2) is 11.5 Å². The summed E-state index contributed by atoms with van der Waals surface area (Å²) in [6, 6.07) is 15.1. The van der Waals surface area contributed by atoms with Gasteiger partial charge in [0.2, 0.25) is 0 Å². The van der Waals surface area contributed by atoms with Crippen LogP contribution in [0.3, 0.4) is 0 Å². The van der Waals surface area contributed by atoms with E-state index in [0.29, 0.717) is 36.8 Å². The lowest BCUT2D eigenvalue weighted by Gasteiger charge is -2.10. The van der Waals surface area contributed by atoms with Crippen LogP contribution in [0.2, 0.25) is 0 Å². The van der Waals surface area contributed by atoms with Crippen molar-refractivity contribution in [1.29, 1.82) is 0 Å².